The lowest BCUT2D eigenvalue weighted by atomic mass is 10.5. The van der Waals surface area contributed by atoms with E-state index in [2.05, 4.69) is 6.55 Å². The quantitative estimate of drug-likeness (QED) is 0.295. The lowest BCUT2D eigenvalue weighted by Crippen LogP contribution is -2.33. The van der Waals surface area contributed by atoms with Crippen molar-refractivity contribution < 1.29 is 23.4 Å². The highest BCUT2D eigenvalue weighted by atomic mass is 28.4. The molecule has 2 aliphatic rings. The molecule has 2 heterocycles. The third kappa shape index (κ3) is 7.15. The first kappa shape index (κ1) is 16.4. The molecule has 2 unspecified atom stereocenters. The molecule has 0 saturated carbocycles. The van der Waals surface area contributed by atoms with Gasteiger partial charge in [0.25, 0.3) is 0 Å². The minimum absolute atomic E-state index is 0.369. The molecular formula is C14H28O5Si. The Kier molecular flexibility index (Phi) is 6.93. The van der Waals surface area contributed by atoms with Gasteiger partial charge >= 0.3 is 0 Å². The number of epoxide rings is 2. The van der Waals surface area contributed by atoms with E-state index in [0.717, 1.165) is 64.6 Å². The molecule has 0 radical (unpaired) electrons. The molecule has 0 aromatic carbocycles. The van der Waals surface area contributed by atoms with Crippen molar-refractivity contribution in [1.29, 1.82) is 0 Å². The molecule has 2 rings (SSSR count). The minimum Gasteiger partial charge on any atom is -0.420 e. The second-order valence-corrected chi connectivity index (χ2v) is 10.2. The predicted molar refractivity (Wildman–Crippen MR) is 78.6 cm³/mol. The van der Waals surface area contributed by atoms with Gasteiger partial charge in [0.2, 0.25) is 0 Å². The fourth-order valence-electron chi connectivity index (χ4n) is 2.18. The Bertz CT molecular complexity index is 246. The van der Waals surface area contributed by atoms with E-state index in [0.29, 0.717) is 12.2 Å². The molecule has 118 valence electrons. The molecule has 0 N–H and O–H groups in total. The van der Waals surface area contributed by atoms with Gasteiger partial charge in [-0.25, -0.2) is 0 Å². The number of rotatable bonds is 13. The molecule has 2 aliphatic heterocycles. The Balaban J connectivity index is 1.45. The summed E-state index contributed by atoms with van der Waals surface area (Å²) in [5.74, 6) is 0. The average Bonchev–Trinajstić information content (AvgIpc) is 3.32. The van der Waals surface area contributed by atoms with Crippen LogP contribution in [0.4, 0.5) is 0 Å². The van der Waals surface area contributed by atoms with Crippen LogP contribution in [0.2, 0.25) is 18.6 Å². The van der Waals surface area contributed by atoms with Crippen LogP contribution in [0.5, 0.6) is 0 Å². The van der Waals surface area contributed by atoms with Crippen LogP contribution in [0.3, 0.4) is 0 Å². The maximum absolute atomic E-state index is 5.80. The Morgan fingerprint density at radius 3 is 1.75 bits per heavy atom. The van der Waals surface area contributed by atoms with Gasteiger partial charge in [0.15, 0.2) is 8.32 Å². The first-order valence-electron chi connectivity index (χ1n) is 7.66. The highest BCUT2D eigenvalue weighted by molar-refractivity contribution is 6.72. The fraction of sp³-hybridized carbons (Fsp3) is 1.00. The summed E-state index contributed by atoms with van der Waals surface area (Å²) in [4.78, 5) is 0. The van der Waals surface area contributed by atoms with Gasteiger partial charge in [-0.15, -0.1) is 0 Å². The monoisotopic (exact) mass is 304 g/mol. The SMILES string of the molecule is CO[Si](C)(CCCOCC1CO1)CCCOCC1CO1. The summed E-state index contributed by atoms with van der Waals surface area (Å²) in [5, 5.41) is 0. The molecule has 2 saturated heterocycles. The van der Waals surface area contributed by atoms with Crippen LogP contribution in [-0.2, 0) is 23.4 Å². The number of ether oxygens (including phenoxy) is 4. The molecular weight excluding hydrogens is 276 g/mol. The van der Waals surface area contributed by atoms with Crippen LogP contribution in [0.15, 0.2) is 0 Å². The molecule has 0 aromatic heterocycles. The topological polar surface area (TPSA) is 52.8 Å². The fourth-order valence-corrected chi connectivity index (χ4v) is 4.63. The third-order valence-corrected chi connectivity index (χ3v) is 7.70. The predicted octanol–water partition coefficient (Wildman–Crippen LogP) is 1.82. The van der Waals surface area contributed by atoms with Crippen LogP contribution in [0, 0.1) is 0 Å². The summed E-state index contributed by atoms with van der Waals surface area (Å²) in [5.41, 5.74) is 0. The van der Waals surface area contributed by atoms with Gasteiger partial charge in [0, 0.05) is 20.3 Å². The van der Waals surface area contributed by atoms with Gasteiger partial charge in [-0.05, 0) is 31.5 Å². The Labute approximate surface area is 123 Å². The molecule has 5 nitrogen and oxygen atoms in total. The van der Waals surface area contributed by atoms with Gasteiger partial charge in [0.05, 0.1) is 26.4 Å². The van der Waals surface area contributed by atoms with E-state index in [1.807, 2.05) is 7.11 Å². The summed E-state index contributed by atoms with van der Waals surface area (Å²) in [7, 11) is 0.282. The summed E-state index contributed by atoms with van der Waals surface area (Å²) in [6, 6.07) is 2.31. The Hall–Kier alpha value is 0.0169. The van der Waals surface area contributed by atoms with E-state index >= 15 is 0 Å². The molecule has 20 heavy (non-hydrogen) atoms. The number of hydrogen-bond acceptors (Lipinski definition) is 5. The lowest BCUT2D eigenvalue weighted by Gasteiger charge is -2.25. The first-order valence-corrected chi connectivity index (χ1v) is 10.5. The van der Waals surface area contributed by atoms with E-state index in [1.165, 1.54) is 0 Å². The van der Waals surface area contributed by atoms with Crippen molar-refractivity contribution in [3.8, 4) is 0 Å². The van der Waals surface area contributed by atoms with E-state index in [4.69, 9.17) is 23.4 Å². The van der Waals surface area contributed by atoms with Crippen molar-refractivity contribution in [2.75, 3.05) is 46.8 Å². The Morgan fingerprint density at radius 1 is 0.950 bits per heavy atom. The molecule has 0 amide bonds. The zero-order chi connectivity index (χ0) is 14.3. The third-order valence-electron chi connectivity index (χ3n) is 3.89. The van der Waals surface area contributed by atoms with Crippen molar-refractivity contribution in [3.63, 3.8) is 0 Å². The van der Waals surface area contributed by atoms with E-state index in [9.17, 15) is 0 Å². The minimum atomic E-state index is -1.57. The van der Waals surface area contributed by atoms with Gasteiger partial charge in [0.1, 0.15) is 12.2 Å². The number of hydrogen-bond donors (Lipinski definition) is 0. The van der Waals surface area contributed by atoms with Crippen LogP contribution < -0.4 is 0 Å². The van der Waals surface area contributed by atoms with Gasteiger partial charge in [-0.2, -0.15) is 0 Å². The van der Waals surface area contributed by atoms with E-state index < -0.39 is 8.32 Å². The maximum atomic E-state index is 5.80. The van der Waals surface area contributed by atoms with Crippen molar-refractivity contribution in [2.24, 2.45) is 0 Å². The maximum Gasteiger partial charge on any atom is 0.189 e. The second kappa shape index (κ2) is 8.46. The van der Waals surface area contributed by atoms with Crippen molar-refractivity contribution in [1.82, 2.24) is 0 Å². The standard InChI is InChI=1S/C14H28O5Si/c1-15-20(2,7-3-5-16-9-13-11-18-13)8-4-6-17-10-14-12-19-14/h13-14H,3-12H2,1-2H3. The van der Waals surface area contributed by atoms with Crippen molar-refractivity contribution in [2.45, 2.75) is 43.7 Å². The van der Waals surface area contributed by atoms with Gasteiger partial charge < -0.3 is 23.4 Å². The van der Waals surface area contributed by atoms with Crippen molar-refractivity contribution in [3.05, 3.63) is 0 Å². The summed E-state index contributed by atoms with van der Waals surface area (Å²) >= 11 is 0. The summed E-state index contributed by atoms with van der Waals surface area (Å²) in [6.45, 7) is 7.20. The van der Waals surface area contributed by atoms with Crippen LogP contribution >= 0.6 is 0 Å². The second-order valence-electron chi connectivity index (χ2n) is 5.92. The highest BCUT2D eigenvalue weighted by Crippen LogP contribution is 2.21. The van der Waals surface area contributed by atoms with E-state index in [1.54, 1.807) is 0 Å². The average molecular weight is 304 g/mol. The van der Waals surface area contributed by atoms with Gasteiger partial charge in [-0.3, -0.25) is 0 Å². The Morgan fingerprint density at radius 2 is 1.40 bits per heavy atom. The van der Waals surface area contributed by atoms with Crippen LogP contribution in [-0.4, -0.2) is 67.3 Å². The zero-order valence-electron chi connectivity index (χ0n) is 12.8. The molecule has 2 fully saturated rings. The molecule has 0 bridgehead atoms. The highest BCUT2D eigenvalue weighted by Gasteiger charge is 2.27. The molecule has 0 spiro atoms. The van der Waals surface area contributed by atoms with Crippen LogP contribution in [0.25, 0.3) is 0 Å². The summed E-state index contributed by atoms with van der Waals surface area (Å²) < 4.78 is 27.2. The molecule has 0 aromatic rings. The molecule has 6 heteroatoms. The van der Waals surface area contributed by atoms with Crippen LogP contribution in [0.1, 0.15) is 12.8 Å². The molecule has 2 atom stereocenters. The first-order chi connectivity index (χ1) is 9.72. The smallest absolute Gasteiger partial charge is 0.189 e. The lowest BCUT2D eigenvalue weighted by molar-refractivity contribution is 0.114. The normalized spacial score (nSPS) is 27.3. The van der Waals surface area contributed by atoms with Crippen molar-refractivity contribution >= 4 is 8.32 Å². The summed E-state index contributed by atoms with van der Waals surface area (Å²) in [6.07, 6.45) is 2.91. The zero-order valence-corrected chi connectivity index (χ0v) is 13.8. The molecule has 0 aliphatic carbocycles. The van der Waals surface area contributed by atoms with E-state index in [-0.39, 0.29) is 0 Å². The van der Waals surface area contributed by atoms with Gasteiger partial charge in [-0.1, -0.05) is 0 Å². The largest absolute Gasteiger partial charge is 0.420 e.